The van der Waals surface area contributed by atoms with Crippen molar-refractivity contribution in [3.8, 4) is 5.88 Å². The fourth-order valence-electron chi connectivity index (χ4n) is 1.62. The van der Waals surface area contributed by atoms with Crippen molar-refractivity contribution in [1.29, 1.82) is 0 Å². The second kappa shape index (κ2) is 7.32. The third-order valence-electron chi connectivity index (χ3n) is 2.65. The number of ether oxygens (including phenoxy) is 2. The minimum atomic E-state index is -4.53. The second-order valence-corrected chi connectivity index (χ2v) is 4.90. The van der Waals surface area contributed by atoms with Gasteiger partial charge in [-0.15, -0.1) is 0 Å². The average Bonchev–Trinajstić information content (AvgIpc) is 2.52. The van der Waals surface area contributed by atoms with Crippen LogP contribution < -0.4 is 4.74 Å². The van der Waals surface area contributed by atoms with E-state index >= 15 is 0 Å². The van der Waals surface area contributed by atoms with Crippen molar-refractivity contribution in [2.75, 3.05) is 6.61 Å². The highest BCUT2D eigenvalue weighted by molar-refractivity contribution is 6.30. The summed E-state index contributed by atoms with van der Waals surface area (Å²) >= 11 is 5.74. The maximum absolute atomic E-state index is 12.2. The molecule has 1 aromatic carbocycles. The first kappa shape index (κ1) is 17.1. The summed E-state index contributed by atoms with van der Waals surface area (Å²) in [6, 6.07) is 9.28. The van der Waals surface area contributed by atoms with Crippen molar-refractivity contribution in [1.82, 2.24) is 4.98 Å². The van der Waals surface area contributed by atoms with Crippen LogP contribution in [-0.2, 0) is 11.3 Å². The van der Waals surface area contributed by atoms with Crippen molar-refractivity contribution in [2.24, 2.45) is 0 Å². The molecule has 0 aliphatic rings. The zero-order chi connectivity index (χ0) is 16.9. The first-order chi connectivity index (χ1) is 10.8. The molecule has 0 spiro atoms. The number of hydrogen-bond acceptors (Lipinski definition) is 4. The Morgan fingerprint density at radius 2 is 1.87 bits per heavy atom. The third kappa shape index (κ3) is 5.45. The van der Waals surface area contributed by atoms with Crippen LogP contribution in [0.5, 0.6) is 5.88 Å². The molecule has 2 aromatic rings. The van der Waals surface area contributed by atoms with Gasteiger partial charge in [-0.25, -0.2) is 9.78 Å². The number of carbonyl (C=O) groups is 1. The summed E-state index contributed by atoms with van der Waals surface area (Å²) in [5.41, 5.74) is 0.509. The van der Waals surface area contributed by atoms with Crippen LogP contribution in [0.4, 0.5) is 13.2 Å². The predicted octanol–water partition coefficient (Wildman–Crippen LogP) is 4.03. The van der Waals surface area contributed by atoms with Crippen LogP contribution in [0.1, 0.15) is 15.9 Å². The zero-order valence-corrected chi connectivity index (χ0v) is 12.4. The summed E-state index contributed by atoms with van der Waals surface area (Å²) in [5.74, 6) is -1.25. The van der Waals surface area contributed by atoms with Crippen molar-refractivity contribution in [3.05, 3.63) is 58.7 Å². The van der Waals surface area contributed by atoms with Gasteiger partial charge < -0.3 is 9.47 Å². The average molecular weight is 346 g/mol. The first-order valence-electron chi connectivity index (χ1n) is 6.41. The third-order valence-corrected chi connectivity index (χ3v) is 2.90. The Labute approximate surface area is 134 Å². The summed E-state index contributed by atoms with van der Waals surface area (Å²) < 4.78 is 46.2. The van der Waals surface area contributed by atoms with E-state index in [9.17, 15) is 18.0 Å². The highest BCUT2D eigenvalue weighted by Crippen LogP contribution is 2.21. The van der Waals surface area contributed by atoms with E-state index in [2.05, 4.69) is 9.72 Å². The lowest BCUT2D eigenvalue weighted by molar-refractivity contribution is -0.154. The molecule has 0 bridgehead atoms. The van der Waals surface area contributed by atoms with E-state index in [4.69, 9.17) is 16.3 Å². The quantitative estimate of drug-likeness (QED) is 0.768. The molecule has 1 aromatic heterocycles. The van der Waals surface area contributed by atoms with Crippen molar-refractivity contribution in [3.63, 3.8) is 0 Å². The van der Waals surface area contributed by atoms with Crippen molar-refractivity contribution < 1.29 is 27.4 Å². The van der Waals surface area contributed by atoms with Crippen LogP contribution in [0.3, 0.4) is 0 Å². The zero-order valence-electron chi connectivity index (χ0n) is 11.6. The molecule has 0 aliphatic heterocycles. The van der Waals surface area contributed by atoms with Gasteiger partial charge in [-0.3, -0.25) is 0 Å². The van der Waals surface area contributed by atoms with Gasteiger partial charge in [0.2, 0.25) is 5.88 Å². The number of pyridine rings is 1. The molecule has 0 radical (unpaired) electrons. The van der Waals surface area contributed by atoms with E-state index in [1.807, 2.05) is 0 Å². The lowest BCUT2D eigenvalue weighted by Gasteiger charge is -2.11. The largest absolute Gasteiger partial charge is 0.467 e. The fourth-order valence-corrected chi connectivity index (χ4v) is 1.74. The van der Waals surface area contributed by atoms with E-state index < -0.39 is 24.6 Å². The van der Waals surface area contributed by atoms with Gasteiger partial charge in [-0.05, 0) is 29.8 Å². The minimum Gasteiger partial charge on any atom is -0.467 e. The Hall–Kier alpha value is -2.28. The van der Waals surface area contributed by atoms with Crippen LogP contribution in [0.2, 0.25) is 5.02 Å². The summed E-state index contributed by atoms with van der Waals surface area (Å²) in [6.07, 6.45) is -3.30. The summed E-state index contributed by atoms with van der Waals surface area (Å²) in [6.45, 7) is -1.59. The lowest BCUT2D eigenvalue weighted by Crippen LogP contribution is -2.21. The Morgan fingerprint density at radius 3 is 2.52 bits per heavy atom. The van der Waals surface area contributed by atoms with Gasteiger partial charge in [0, 0.05) is 11.2 Å². The van der Waals surface area contributed by atoms with Gasteiger partial charge in [0.15, 0.2) is 6.61 Å². The van der Waals surface area contributed by atoms with Crippen LogP contribution in [0.15, 0.2) is 42.6 Å². The Bertz CT molecular complexity index is 674. The minimum absolute atomic E-state index is 0.0520. The Kier molecular flexibility index (Phi) is 5.44. The molecule has 0 saturated heterocycles. The summed E-state index contributed by atoms with van der Waals surface area (Å²) in [5, 5.41) is 0.537. The molecular formula is C15H11ClF3NO3. The number of alkyl halides is 3. The number of rotatable bonds is 5. The molecule has 2 rings (SSSR count). The smallest absolute Gasteiger partial charge is 0.422 e. The van der Waals surface area contributed by atoms with E-state index in [1.165, 1.54) is 18.3 Å². The number of esters is 1. The highest BCUT2D eigenvalue weighted by Gasteiger charge is 2.29. The molecule has 4 nitrogen and oxygen atoms in total. The fraction of sp³-hybridized carbons (Fsp3) is 0.200. The van der Waals surface area contributed by atoms with Crippen LogP contribution in [-0.4, -0.2) is 23.7 Å². The monoisotopic (exact) mass is 345 g/mol. The molecular weight excluding hydrogens is 335 g/mol. The molecule has 0 atom stereocenters. The molecule has 1 heterocycles. The van der Waals surface area contributed by atoms with Gasteiger partial charge >= 0.3 is 12.1 Å². The van der Waals surface area contributed by atoms with E-state index in [0.717, 1.165) is 0 Å². The molecule has 0 aliphatic carbocycles. The topological polar surface area (TPSA) is 48.4 Å². The van der Waals surface area contributed by atoms with Gasteiger partial charge in [0.25, 0.3) is 0 Å². The van der Waals surface area contributed by atoms with Crippen LogP contribution in [0.25, 0.3) is 0 Å². The van der Waals surface area contributed by atoms with Crippen LogP contribution in [0, 0.1) is 0 Å². The molecule has 0 fully saturated rings. The maximum Gasteiger partial charge on any atom is 0.422 e. The standard InChI is InChI=1S/C15H11ClF3NO3/c16-11-5-3-10(4-6-11)8-22-14(21)12-2-1-7-20-13(12)23-9-15(17,18)19/h1-7H,8-9H2. The summed E-state index contributed by atoms with van der Waals surface area (Å²) in [4.78, 5) is 15.6. The number of hydrogen-bond donors (Lipinski definition) is 0. The van der Waals surface area contributed by atoms with Gasteiger partial charge in [0.1, 0.15) is 12.2 Å². The summed E-state index contributed by atoms with van der Waals surface area (Å²) in [7, 11) is 0. The molecule has 0 N–H and O–H groups in total. The Balaban J connectivity index is 2.02. The van der Waals surface area contributed by atoms with Gasteiger partial charge in [0.05, 0.1) is 0 Å². The van der Waals surface area contributed by atoms with E-state index in [0.29, 0.717) is 10.6 Å². The van der Waals surface area contributed by atoms with E-state index in [1.54, 1.807) is 24.3 Å². The molecule has 0 unspecified atom stereocenters. The number of benzene rings is 1. The maximum atomic E-state index is 12.2. The second-order valence-electron chi connectivity index (χ2n) is 4.46. The number of nitrogens with zero attached hydrogens (tertiary/aromatic N) is 1. The molecule has 122 valence electrons. The first-order valence-corrected chi connectivity index (χ1v) is 6.79. The Morgan fingerprint density at radius 1 is 1.17 bits per heavy atom. The molecule has 0 saturated carbocycles. The van der Waals surface area contributed by atoms with Gasteiger partial charge in [-0.1, -0.05) is 23.7 Å². The van der Waals surface area contributed by atoms with E-state index in [-0.39, 0.29) is 12.2 Å². The molecule has 8 heteroatoms. The number of halogens is 4. The molecule has 23 heavy (non-hydrogen) atoms. The molecule has 0 amide bonds. The predicted molar refractivity (Wildman–Crippen MR) is 76.4 cm³/mol. The number of aromatic nitrogens is 1. The lowest BCUT2D eigenvalue weighted by atomic mass is 10.2. The SMILES string of the molecule is O=C(OCc1ccc(Cl)cc1)c1cccnc1OCC(F)(F)F. The normalized spacial score (nSPS) is 11.1. The van der Waals surface area contributed by atoms with Crippen LogP contribution >= 0.6 is 11.6 Å². The van der Waals surface area contributed by atoms with Crippen molar-refractivity contribution >= 4 is 17.6 Å². The number of carbonyl (C=O) groups excluding carboxylic acids is 1. The van der Waals surface area contributed by atoms with Gasteiger partial charge in [-0.2, -0.15) is 13.2 Å². The van der Waals surface area contributed by atoms with Crippen molar-refractivity contribution in [2.45, 2.75) is 12.8 Å². The highest BCUT2D eigenvalue weighted by atomic mass is 35.5.